The van der Waals surface area contributed by atoms with Gasteiger partial charge in [0.2, 0.25) is 0 Å². The summed E-state index contributed by atoms with van der Waals surface area (Å²) in [7, 11) is 0. The Morgan fingerprint density at radius 2 is 0.700 bits per heavy atom. The molecule has 114 valence electrons. The maximum atomic E-state index is 9.92. The van der Waals surface area contributed by atoms with Gasteiger partial charge in [0.25, 0.3) is 0 Å². The number of carbonyl (C=O) groups is 8. The van der Waals surface area contributed by atoms with Gasteiger partial charge in [-0.1, -0.05) is 0 Å². The minimum atomic E-state index is -0.579. The number of hydrogen-bond donors (Lipinski definition) is 0. The molecule has 0 aromatic heterocycles. The van der Waals surface area contributed by atoms with Crippen LogP contribution in [0.4, 0.5) is 0 Å². The second-order valence-electron chi connectivity index (χ2n) is 1.07. The summed E-state index contributed by atoms with van der Waals surface area (Å²) in [6.07, 6.45) is 2.17. The third-order valence-electron chi connectivity index (χ3n) is 0.557. The predicted molar refractivity (Wildman–Crippen MR) is 63.0 cm³/mol. The Balaban J connectivity index is -0.0000000227. The molecule has 0 saturated heterocycles. The van der Waals surface area contributed by atoms with Crippen LogP contribution in [-0.2, 0) is 64.2 Å². The Morgan fingerprint density at radius 3 is 0.750 bits per heavy atom. The monoisotopic (exact) mass is 462 g/mol. The molecule has 0 saturated carbocycles. The first-order valence-corrected chi connectivity index (χ1v) is 3.46. The fraction of sp³-hybridized carbons (Fsp3) is 0. The average molecular weight is 462 g/mol. The average Bonchev–Trinajstić information content (AvgIpc) is 2.94. The second kappa shape index (κ2) is 92.9. The predicted octanol–water partition coefficient (Wildman–Crippen LogP) is -1.49. The standard InChI is InChI=1S/C4H2O3.6CH2O.W/c5-3-1-2-4(6)7-3;6*1-2;/h1-2H;6*1H2;. The minimum Gasteiger partial charge on any atom is -0.387 e. The molecule has 9 nitrogen and oxygen atoms in total. The SMILES string of the molecule is C=O.C=O.C=O.C=O.C=O.C=O.O=C1C=CC(=O)O1.[W]. The zero-order valence-corrected chi connectivity index (χ0v) is 13.4. The Kier molecular flexibility index (Phi) is 200. The molecule has 10 heteroatoms. The van der Waals surface area contributed by atoms with Crippen LogP contribution in [0.2, 0.25) is 0 Å². The molecule has 20 heavy (non-hydrogen) atoms. The zero-order chi connectivity index (χ0) is 17.3. The summed E-state index contributed by atoms with van der Waals surface area (Å²) in [4.78, 5) is 67.8. The van der Waals surface area contributed by atoms with Gasteiger partial charge in [0, 0.05) is 33.2 Å². The Bertz CT molecular complexity index is 201. The maximum Gasteiger partial charge on any atom is 0.338 e. The molecule has 1 rings (SSSR count). The van der Waals surface area contributed by atoms with Crippen LogP contribution in [0.25, 0.3) is 0 Å². The van der Waals surface area contributed by atoms with Gasteiger partial charge in [0.15, 0.2) is 0 Å². The molecule has 0 aromatic carbocycles. The molecular weight excluding hydrogens is 448 g/mol. The molecule has 0 bridgehead atoms. The topological polar surface area (TPSA) is 146 Å². The molecule has 0 spiro atoms. The van der Waals surface area contributed by atoms with Gasteiger partial charge in [0.1, 0.15) is 40.7 Å². The summed E-state index contributed by atoms with van der Waals surface area (Å²) in [6.45, 7) is 12.0. The summed E-state index contributed by atoms with van der Waals surface area (Å²) in [6, 6.07) is 0. The van der Waals surface area contributed by atoms with Crippen molar-refractivity contribution in [1.29, 1.82) is 0 Å². The summed E-state index contributed by atoms with van der Waals surface area (Å²) in [5.74, 6) is -1.16. The summed E-state index contributed by atoms with van der Waals surface area (Å²) in [5.41, 5.74) is 0. The zero-order valence-electron chi connectivity index (χ0n) is 10.5. The molecule has 0 amide bonds. The number of cyclic esters (lactones) is 2. The van der Waals surface area contributed by atoms with Crippen molar-refractivity contribution < 1.29 is 64.2 Å². The normalized spacial score (nSPS) is 7.40. The molecule has 1 heterocycles. The number of hydrogen-bond acceptors (Lipinski definition) is 9. The molecule has 0 aromatic rings. The third-order valence-corrected chi connectivity index (χ3v) is 0.557. The van der Waals surface area contributed by atoms with Crippen LogP contribution in [0.3, 0.4) is 0 Å². The molecule has 0 unspecified atom stereocenters. The van der Waals surface area contributed by atoms with Crippen molar-refractivity contribution in [3.8, 4) is 0 Å². The van der Waals surface area contributed by atoms with Crippen LogP contribution >= 0.6 is 0 Å². The van der Waals surface area contributed by atoms with Crippen LogP contribution in [0.1, 0.15) is 0 Å². The molecular formula is C10H14O9W. The maximum absolute atomic E-state index is 9.92. The van der Waals surface area contributed by atoms with E-state index < -0.39 is 11.9 Å². The van der Waals surface area contributed by atoms with Crippen molar-refractivity contribution in [2.75, 3.05) is 0 Å². The van der Waals surface area contributed by atoms with Gasteiger partial charge in [-0.15, -0.1) is 0 Å². The molecule has 0 atom stereocenters. The van der Waals surface area contributed by atoms with Crippen molar-refractivity contribution in [2.24, 2.45) is 0 Å². The Labute approximate surface area is 129 Å². The molecule has 1 aliphatic heterocycles. The molecule has 0 radical (unpaired) electrons. The van der Waals surface area contributed by atoms with Crippen LogP contribution < -0.4 is 0 Å². The number of esters is 2. The quantitative estimate of drug-likeness (QED) is 0.311. The smallest absolute Gasteiger partial charge is 0.338 e. The first-order chi connectivity index (χ1) is 9.29. The van der Waals surface area contributed by atoms with Crippen LogP contribution in [0.15, 0.2) is 12.2 Å². The third kappa shape index (κ3) is 76.4. The molecule has 0 fully saturated rings. The van der Waals surface area contributed by atoms with E-state index in [1.54, 1.807) is 0 Å². The van der Waals surface area contributed by atoms with E-state index in [1.807, 2.05) is 40.7 Å². The molecule has 1 aliphatic rings. The van der Waals surface area contributed by atoms with Gasteiger partial charge < -0.3 is 33.5 Å². The van der Waals surface area contributed by atoms with Gasteiger partial charge in [-0.05, 0) is 0 Å². The summed E-state index contributed by atoms with van der Waals surface area (Å²) >= 11 is 0. The Hall–Kier alpha value is -2.41. The summed E-state index contributed by atoms with van der Waals surface area (Å²) < 4.78 is 3.97. The van der Waals surface area contributed by atoms with E-state index in [2.05, 4.69) is 4.74 Å². The van der Waals surface area contributed by atoms with E-state index in [4.69, 9.17) is 28.8 Å². The van der Waals surface area contributed by atoms with Crippen molar-refractivity contribution in [2.45, 2.75) is 0 Å². The van der Waals surface area contributed by atoms with Gasteiger partial charge >= 0.3 is 11.9 Å². The number of rotatable bonds is 0. The van der Waals surface area contributed by atoms with Crippen LogP contribution in [0, 0.1) is 0 Å². The molecule has 0 aliphatic carbocycles. The fourth-order valence-corrected chi connectivity index (χ4v) is 0.303. The van der Waals surface area contributed by atoms with Gasteiger partial charge in [-0.3, -0.25) is 0 Å². The van der Waals surface area contributed by atoms with Crippen molar-refractivity contribution in [1.82, 2.24) is 0 Å². The van der Waals surface area contributed by atoms with E-state index in [-0.39, 0.29) is 21.1 Å². The first-order valence-electron chi connectivity index (χ1n) is 3.46. The fourth-order valence-electron chi connectivity index (χ4n) is 0.303. The second-order valence-corrected chi connectivity index (χ2v) is 1.07. The van der Waals surface area contributed by atoms with Crippen LogP contribution in [0.5, 0.6) is 0 Å². The largest absolute Gasteiger partial charge is 0.387 e. The van der Waals surface area contributed by atoms with Crippen molar-refractivity contribution in [3.05, 3.63) is 12.2 Å². The van der Waals surface area contributed by atoms with E-state index in [0.717, 1.165) is 12.2 Å². The van der Waals surface area contributed by atoms with Gasteiger partial charge in [-0.25, -0.2) is 9.59 Å². The van der Waals surface area contributed by atoms with E-state index >= 15 is 0 Å². The van der Waals surface area contributed by atoms with E-state index in [1.165, 1.54) is 0 Å². The number of ether oxygens (including phenoxy) is 1. The first kappa shape index (κ1) is 43.2. The van der Waals surface area contributed by atoms with Gasteiger partial charge in [0.05, 0.1) is 0 Å². The minimum absolute atomic E-state index is 0. The van der Waals surface area contributed by atoms with Crippen molar-refractivity contribution in [3.63, 3.8) is 0 Å². The summed E-state index contributed by atoms with van der Waals surface area (Å²) in [5, 5.41) is 0. The van der Waals surface area contributed by atoms with E-state index in [9.17, 15) is 9.59 Å². The van der Waals surface area contributed by atoms with Crippen molar-refractivity contribution >= 4 is 52.7 Å². The Morgan fingerprint density at radius 1 is 0.550 bits per heavy atom. The van der Waals surface area contributed by atoms with Gasteiger partial charge in [-0.2, -0.15) is 0 Å². The van der Waals surface area contributed by atoms with Crippen LogP contribution in [-0.4, -0.2) is 52.7 Å². The number of carbonyl (C=O) groups excluding carboxylic acids is 8. The van der Waals surface area contributed by atoms with E-state index in [0.29, 0.717) is 0 Å². The molecule has 0 N–H and O–H groups in total.